The van der Waals surface area contributed by atoms with E-state index in [2.05, 4.69) is 10.3 Å². The first-order chi connectivity index (χ1) is 7.20. The number of rotatable bonds is 3. The number of likely N-dealkylation sites (N-methyl/N-ethyl adjacent to an activating group) is 1. The lowest BCUT2D eigenvalue weighted by atomic mass is 10.1. The number of nitrogens with one attached hydrogen (secondary N) is 2. The highest BCUT2D eigenvalue weighted by atomic mass is 35.5. The molecule has 0 saturated heterocycles. The van der Waals surface area contributed by atoms with Crippen LogP contribution in [0.3, 0.4) is 0 Å². The highest BCUT2D eigenvalue weighted by Gasteiger charge is 2.08. The van der Waals surface area contributed by atoms with Gasteiger partial charge in [0, 0.05) is 5.02 Å². The molecule has 15 heavy (non-hydrogen) atoms. The summed E-state index contributed by atoms with van der Waals surface area (Å²) >= 11 is 5.93. The van der Waals surface area contributed by atoms with E-state index in [1.54, 1.807) is 6.07 Å². The van der Waals surface area contributed by atoms with Gasteiger partial charge in [-0.1, -0.05) is 11.6 Å². The fraction of sp³-hybridized carbons (Fsp3) is 0.300. The highest BCUT2D eigenvalue weighted by molar-refractivity contribution is 6.31. The van der Waals surface area contributed by atoms with E-state index in [4.69, 9.17) is 16.0 Å². The van der Waals surface area contributed by atoms with E-state index in [1.165, 1.54) is 0 Å². The Morgan fingerprint density at radius 1 is 1.53 bits per heavy atom. The maximum absolute atomic E-state index is 11.0. The van der Waals surface area contributed by atoms with Crippen LogP contribution in [0.25, 0.3) is 11.1 Å². The second-order valence-electron chi connectivity index (χ2n) is 3.31. The van der Waals surface area contributed by atoms with Crippen molar-refractivity contribution in [1.82, 2.24) is 10.3 Å². The molecule has 1 heterocycles. The van der Waals surface area contributed by atoms with Crippen molar-refractivity contribution in [2.45, 2.75) is 6.42 Å². The molecule has 0 radical (unpaired) electrons. The molecule has 2 N–H and O–H groups in total. The predicted molar refractivity (Wildman–Crippen MR) is 59.5 cm³/mol. The van der Waals surface area contributed by atoms with Gasteiger partial charge >= 0.3 is 5.76 Å². The Balaban J connectivity index is 2.55. The van der Waals surface area contributed by atoms with E-state index < -0.39 is 5.76 Å². The number of fused-ring (bicyclic) bond motifs is 1. The van der Waals surface area contributed by atoms with Crippen LogP contribution < -0.4 is 11.1 Å². The van der Waals surface area contributed by atoms with Crippen LogP contribution in [0.15, 0.2) is 21.3 Å². The average Bonchev–Trinajstić information content (AvgIpc) is 2.54. The molecule has 80 valence electrons. The summed E-state index contributed by atoms with van der Waals surface area (Å²) in [4.78, 5) is 13.6. The molecular weight excluding hydrogens is 216 g/mol. The molecule has 0 atom stereocenters. The van der Waals surface area contributed by atoms with E-state index >= 15 is 0 Å². The SMILES string of the molecule is CNCCc1cc(Cl)cc2[nH]c(=O)oc12. The fourth-order valence-electron chi connectivity index (χ4n) is 1.54. The van der Waals surface area contributed by atoms with Crippen LogP contribution >= 0.6 is 11.6 Å². The maximum Gasteiger partial charge on any atom is 0.417 e. The van der Waals surface area contributed by atoms with E-state index in [-0.39, 0.29) is 0 Å². The van der Waals surface area contributed by atoms with Crippen LogP contribution in [0.4, 0.5) is 0 Å². The third-order valence-corrected chi connectivity index (χ3v) is 2.42. The van der Waals surface area contributed by atoms with Crippen molar-refractivity contribution in [2.75, 3.05) is 13.6 Å². The van der Waals surface area contributed by atoms with Gasteiger partial charge in [0.15, 0.2) is 5.58 Å². The van der Waals surface area contributed by atoms with Crippen LogP contribution in [-0.2, 0) is 6.42 Å². The number of hydrogen-bond donors (Lipinski definition) is 2. The van der Waals surface area contributed by atoms with Gasteiger partial charge in [-0.05, 0) is 37.7 Å². The van der Waals surface area contributed by atoms with Crippen molar-refractivity contribution in [2.24, 2.45) is 0 Å². The first kappa shape index (κ1) is 10.3. The van der Waals surface area contributed by atoms with Crippen LogP contribution in [0.1, 0.15) is 5.56 Å². The molecule has 0 aliphatic rings. The second-order valence-corrected chi connectivity index (χ2v) is 3.75. The topological polar surface area (TPSA) is 58.0 Å². The molecule has 0 saturated carbocycles. The van der Waals surface area contributed by atoms with Crippen molar-refractivity contribution in [3.63, 3.8) is 0 Å². The molecule has 2 aromatic rings. The van der Waals surface area contributed by atoms with Gasteiger partial charge in [0.25, 0.3) is 0 Å². The molecule has 0 amide bonds. The molecule has 0 aliphatic heterocycles. The Hall–Kier alpha value is -1.26. The summed E-state index contributed by atoms with van der Waals surface area (Å²) in [5.41, 5.74) is 2.18. The van der Waals surface area contributed by atoms with Crippen molar-refractivity contribution in [3.05, 3.63) is 33.3 Å². The number of halogens is 1. The van der Waals surface area contributed by atoms with E-state index in [1.807, 2.05) is 13.1 Å². The largest absolute Gasteiger partial charge is 0.417 e. The Labute approximate surface area is 91.2 Å². The molecular formula is C10H11ClN2O2. The van der Waals surface area contributed by atoms with Gasteiger partial charge in [-0.15, -0.1) is 0 Å². The van der Waals surface area contributed by atoms with E-state index in [0.717, 1.165) is 18.5 Å². The van der Waals surface area contributed by atoms with Crippen molar-refractivity contribution < 1.29 is 4.42 Å². The molecule has 0 spiro atoms. The van der Waals surface area contributed by atoms with E-state index in [9.17, 15) is 4.79 Å². The van der Waals surface area contributed by atoms with Gasteiger partial charge in [0.2, 0.25) is 0 Å². The lowest BCUT2D eigenvalue weighted by Crippen LogP contribution is -2.10. The van der Waals surface area contributed by atoms with Gasteiger partial charge in [-0.3, -0.25) is 4.98 Å². The number of H-pyrrole nitrogens is 1. The maximum atomic E-state index is 11.0. The van der Waals surface area contributed by atoms with Crippen LogP contribution in [0, 0.1) is 0 Å². The van der Waals surface area contributed by atoms with Gasteiger partial charge in [-0.2, -0.15) is 0 Å². The quantitative estimate of drug-likeness (QED) is 0.835. The number of aromatic nitrogens is 1. The number of benzene rings is 1. The minimum absolute atomic E-state index is 0.446. The van der Waals surface area contributed by atoms with Gasteiger partial charge < -0.3 is 9.73 Å². The summed E-state index contributed by atoms with van der Waals surface area (Å²) in [5, 5.41) is 3.64. The summed E-state index contributed by atoms with van der Waals surface area (Å²) in [6, 6.07) is 3.50. The Morgan fingerprint density at radius 3 is 3.07 bits per heavy atom. The van der Waals surface area contributed by atoms with Crippen molar-refractivity contribution >= 4 is 22.7 Å². The third-order valence-electron chi connectivity index (χ3n) is 2.21. The van der Waals surface area contributed by atoms with Gasteiger partial charge in [-0.25, -0.2) is 4.79 Å². The summed E-state index contributed by atoms with van der Waals surface area (Å²) < 4.78 is 5.05. The fourth-order valence-corrected chi connectivity index (χ4v) is 1.78. The zero-order valence-corrected chi connectivity index (χ0v) is 9.02. The first-order valence-corrected chi connectivity index (χ1v) is 5.04. The third kappa shape index (κ3) is 2.06. The summed E-state index contributed by atoms with van der Waals surface area (Å²) in [5.74, 6) is -0.446. The average molecular weight is 227 g/mol. The highest BCUT2D eigenvalue weighted by Crippen LogP contribution is 2.21. The Kier molecular flexibility index (Phi) is 2.79. The summed E-state index contributed by atoms with van der Waals surface area (Å²) in [7, 11) is 1.87. The molecule has 2 rings (SSSR count). The second kappa shape index (κ2) is 4.08. The first-order valence-electron chi connectivity index (χ1n) is 4.66. The van der Waals surface area contributed by atoms with Crippen LogP contribution in [0.5, 0.6) is 0 Å². The molecule has 1 aromatic carbocycles. The lowest BCUT2D eigenvalue weighted by Gasteiger charge is -2.01. The normalized spacial score (nSPS) is 11.1. The number of aromatic amines is 1. The molecule has 4 nitrogen and oxygen atoms in total. The molecule has 0 fully saturated rings. The predicted octanol–water partition coefficient (Wildman–Crippen LogP) is 1.54. The summed E-state index contributed by atoms with van der Waals surface area (Å²) in [6.07, 6.45) is 0.772. The van der Waals surface area contributed by atoms with Crippen molar-refractivity contribution in [3.8, 4) is 0 Å². The zero-order chi connectivity index (χ0) is 10.8. The van der Waals surface area contributed by atoms with Crippen LogP contribution in [0.2, 0.25) is 5.02 Å². The summed E-state index contributed by atoms with van der Waals surface area (Å²) in [6.45, 7) is 0.810. The Bertz CT molecular complexity index is 530. The molecule has 0 unspecified atom stereocenters. The van der Waals surface area contributed by atoms with Gasteiger partial charge in [0.05, 0.1) is 5.52 Å². The van der Waals surface area contributed by atoms with Gasteiger partial charge in [0.1, 0.15) is 0 Å². The smallest absolute Gasteiger partial charge is 0.408 e. The minimum atomic E-state index is -0.446. The number of oxazole rings is 1. The monoisotopic (exact) mass is 226 g/mol. The molecule has 1 aromatic heterocycles. The standard InChI is InChI=1S/C10H11ClN2O2/c1-12-3-2-6-4-7(11)5-8-9(6)15-10(14)13-8/h4-5,12H,2-3H2,1H3,(H,13,14). The van der Waals surface area contributed by atoms with E-state index in [0.29, 0.717) is 16.1 Å². The zero-order valence-electron chi connectivity index (χ0n) is 8.26. The molecule has 0 bridgehead atoms. The molecule has 5 heteroatoms. The Morgan fingerprint density at radius 2 is 2.33 bits per heavy atom. The van der Waals surface area contributed by atoms with Crippen molar-refractivity contribution in [1.29, 1.82) is 0 Å². The minimum Gasteiger partial charge on any atom is -0.408 e. The lowest BCUT2D eigenvalue weighted by molar-refractivity contribution is 0.551. The number of hydrogen-bond acceptors (Lipinski definition) is 3. The van der Waals surface area contributed by atoms with Crippen LogP contribution in [-0.4, -0.2) is 18.6 Å². The molecule has 0 aliphatic carbocycles.